The predicted molar refractivity (Wildman–Crippen MR) is 69.6 cm³/mol. The normalized spacial score (nSPS) is 22.2. The van der Waals surface area contributed by atoms with Crippen LogP contribution in [0.15, 0.2) is 0 Å². The lowest BCUT2D eigenvalue weighted by atomic mass is 10.0. The Morgan fingerprint density at radius 2 is 1.65 bits per heavy atom. The summed E-state index contributed by atoms with van der Waals surface area (Å²) in [6, 6.07) is 0.493. The van der Waals surface area contributed by atoms with E-state index in [-0.39, 0.29) is 0 Å². The summed E-state index contributed by atoms with van der Waals surface area (Å²) in [7, 11) is 0. The molecule has 0 heterocycles. The van der Waals surface area contributed by atoms with Gasteiger partial charge in [-0.3, -0.25) is 4.79 Å². The third-order valence-corrected chi connectivity index (χ3v) is 4.39. The summed E-state index contributed by atoms with van der Waals surface area (Å²) in [5.74, 6) is 1.03. The third kappa shape index (κ3) is 3.44. The topological polar surface area (TPSA) is 46.3 Å². The molecule has 0 atom stereocenters. The van der Waals surface area contributed by atoms with Crippen molar-refractivity contribution in [3.63, 3.8) is 0 Å². The largest absolute Gasteiger partial charge is 0.338 e. The Labute approximate surface area is 105 Å². The second-order valence-electron chi connectivity index (χ2n) is 5.67. The first kappa shape index (κ1) is 12.9. The van der Waals surface area contributed by atoms with Crippen LogP contribution in [0.1, 0.15) is 57.8 Å². The van der Waals surface area contributed by atoms with E-state index in [2.05, 4.69) is 4.90 Å². The molecule has 0 bridgehead atoms. The smallest absolute Gasteiger partial charge is 0.223 e. The van der Waals surface area contributed by atoms with Crippen molar-refractivity contribution in [3.8, 4) is 0 Å². The summed E-state index contributed by atoms with van der Waals surface area (Å²) in [6.45, 7) is 1.36. The Kier molecular flexibility index (Phi) is 4.84. The van der Waals surface area contributed by atoms with Gasteiger partial charge in [0.1, 0.15) is 0 Å². The Morgan fingerprint density at radius 3 is 2.24 bits per heavy atom. The van der Waals surface area contributed by atoms with E-state index in [9.17, 15) is 4.79 Å². The molecule has 2 saturated carbocycles. The zero-order valence-electron chi connectivity index (χ0n) is 10.9. The highest BCUT2D eigenvalue weighted by atomic mass is 16.2. The standard InChI is InChI=1S/C14H26N2O/c15-9-10-16(13-7-3-4-8-13)14(17)11-12-5-1-2-6-12/h12-13H,1-11,15H2. The van der Waals surface area contributed by atoms with Crippen molar-refractivity contribution >= 4 is 5.91 Å². The van der Waals surface area contributed by atoms with E-state index in [1.807, 2.05) is 0 Å². The Bertz CT molecular complexity index is 243. The highest BCUT2D eigenvalue weighted by Crippen LogP contribution is 2.30. The summed E-state index contributed by atoms with van der Waals surface area (Å²) in [5, 5.41) is 0. The lowest BCUT2D eigenvalue weighted by Crippen LogP contribution is -2.42. The Hall–Kier alpha value is -0.570. The van der Waals surface area contributed by atoms with Crippen LogP contribution in [-0.2, 0) is 4.79 Å². The van der Waals surface area contributed by atoms with Crippen molar-refractivity contribution in [2.24, 2.45) is 11.7 Å². The van der Waals surface area contributed by atoms with Crippen LogP contribution in [0.3, 0.4) is 0 Å². The van der Waals surface area contributed by atoms with Crippen LogP contribution in [0.2, 0.25) is 0 Å². The fraction of sp³-hybridized carbons (Fsp3) is 0.929. The second-order valence-corrected chi connectivity index (χ2v) is 5.67. The first-order valence-corrected chi connectivity index (χ1v) is 7.31. The minimum Gasteiger partial charge on any atom is -0.338 e. The van der Waals surface area contributed by atoms with Gasteiger partial charge < -0.3 is 10.6 Å². The quantitative estimate of drug-likeness (QED) is 0.799. The van der Waals surface area contributed by atoms with Gasteiger partial charge in [-0.25, -0.2) is 0 Å². The maximum Gasteiger partial charge on any atom is 0.223 e. The number of nitrogens with two attached hydrogens (primary N) is 1. The van der Waals surface area contributed by atoms with Crippen molar-refractivity contribution in [2.75, 3.05) is 13.1 Å². The van der Waals surface area contributed by atoms with Gasteiger partial charge in [0, 0.05) is 25.6 Å². The predicted octanol–water partition coefficient (Wildman–Crippen LogP) is 2.30. The molecule has 2 aliphatic carbocycles. The van der Waals surface area contributed by atoms with Gasteiger partial charge in [0.2, 0.25) is 5.91 Å². The Balaban J connectivity index is 1.86. The first-order valence-electron chi connectivity index (χ1n) is 7.31. The van der Waals surface area contributed by atoms with Crippen LogP contribution in [0.5, 0.6) is 0 Å². The van der Waals surface area contributed by atoms with Crippen LogP contribution in [-0.4, -0.2) is 29.9 Å². The van der Waals surface area contributed by atoms with E-state index in [1.165, 1.54) is 51.4 Å². The second kappa shape index (κ2) is 6.39. The van der Waals surface area contributed by atoms with Gasteiger partial charge in [-0.1, -0.05) is 25.7 Å². The fourth-order valence-corrected chi connectivity index (χ4v) is 3.44. The van der Waals surface area contributed by atoms with E-state index in [4.69, 9.17) is 5.73 Å². The molecule has 2 N–H and O–H groups in total. The average molecular weight is 238 g/mol. The highest BCUT2D eigenvalue weighted by Gasteiger charge is 2.28. The molecular formula is C14H26N2O. The molecule has 0 aromatic carbocycles. The molecule has 17 heavy (non-hydrogen) atoms. The molecule has 98 valence electrons. The van der Waals surface area contributed by atoms with Gasteiger partial charge in [-0.2, -0.15) is 0 Å². The van der Waals surface area contributed by atoms with E-state index in [0.29, 0.717) is 24.4 Å². The van der Waals surface area contributed by atoms with Crippen molar-refractivity contribution in [1.29, 1.82) is 0 Å². The fourth-order valence-electron chi connectivity index (χ4n) is 3.44. The molecule has 0 aromatic rings. The summed E-state index contributed by atoms with van der Waals surface area (Å²) in [6.07, 6.45) is 10.9. The van der Waals surface area contributed by atoms with Gasteiger partial charge >= 0.3 is 0 Å². The molecular weight excluding hydrogens is 212 g/mol. The van der Waals surface area contributed by atoms with E-state index in [1.54, 1.807) is 0 Å². The molecule has 0 radical (unpaired) electrons. The molecule has 0 spiro atoms. The van der Waals surface area contributed by atoms with Gasteiger partial charge in [0.15, 0.2) is 0 Å². The molecule has 1 amide bonds. The van der Waals surface area contributed by atoms with Gasteiger partial charge in [0.05, 0.1) is 0 Å². The monoisotopic (exact) mass is 238 g/mol. The number of nitrogens with zero attached hydrogens (tertiary/aromatic N) is 1. The molecule has 2 aliphatic rings. The lowest BCUT2D eigenvalue weighted by Gasteiger charge is -2.29. The zero-order valence-corrected chi connectivity index (χ0v) is 10.9. The van der Waals surface area contributed by atoms with Crippen LogP contribution < -0.4 is 5.73 Å². The van der Waals surface area contributed by atoms with Gasteiger partial charge in [-0.05, 0) is 31.6 Å². The maximum atomic E-state index is 12.3. The van der Waals surface area contributed by atoms with Crippen LogP contribution in [0.4, 0.5) is 0 Å². The highest BCUT2D eigenvalue weighted by molar-refractivity contribution is 5.76. The SMILES string of the molecule is NCCN(C(=O)CC1CCCC1)C1CCCC1. The van der Waals surface area contributed by atoms with Crippen molar-refractivity contribution < 1.29 is 4.79 Å². The third-order valence-electron chi connectivity index (χ3n) is 4.39. The number of hydrogen-bond acceptors (Lipinski definition) is 2. The molecule has 2 rings (SSSR count). The lowest BCUT2D eigenvalue weighted by molar-refractivity contribution is -0.134. The number of amides is 1. The summed E-state index contributed by atoms with van der Waals surface area (Å²) >= 11 is 0. The molecule has 0 aromatic heterocycles. The van der Waals surface area contributed by atoms with Crippen LogP contribution >= 0.6 is 0 Å². The molecule has 3 heteroatoms. The average Bonchev–Trinajstić information content (AvgIpc) is 2.97. The number of carbonyl (C=O) groups is 1. The number of carbonyl (C=O) groups excluding carboxylic acids is 1. The van der Waals surface area contributed by atoms with Crippen LogP contribution in [0.25, 0.3) is 0 Å². The molecule has 2 fully saturated rings. The van der Waals surface area contributed by atoms with Gasteiger partial charge in [0.25, 0.3) is 0 Å². The minimum atomic E-state index is 0.370. The van der Waals surface area contributed by atoms with Crippen molar-refractivity contribution in [1.82, 2.24) is 4.90 Å². The van der Waals surface area contributed by atoms with Crippen LogP contribution in [0, 0.1) is 5.92 Å². The number of rotatable bonds is 5. The molecule has 0 saturated heterocycles. The summed E-state index contributed by atoms with van der Waals surface area (Å²) in [5.41, 5.74) is 5.65. The van der Waals surface area contributed by atoms with E-state index < -0.39 is 0 Å². The molecule has 3 nitrogen and oxygen atoms in total. The zero-order chi connectivity index (χ0) is 12.1. The first-order chi connectivity index (χ1) is 8.31. The number of hydrogen-bond donors (Lipinski definition) is 1. The minimum absolute atomic E-state index is 0.370. The Morgan fingerprint density at radius 1 is 1.06 bits per heavy atom. The van der Waals surface area contributed by atoms with Crippen molar-refractivity contribution in [2.45, 2.75) is 63.8 Å². The summed E-state index contributed by atoms with van der Waals surface area (Å²) in [4.78, 5) is 14.4. The van der Waals surface area contributed by atoms with Gasteiger partial charge in [-0.15, -0.1) is 0 Å². The van der Waals surface area contributed by atoms with E-state index in [0.717, 1.165) is 13.0 Å². The van der Waals surface area contributed by atoms with E-state index >= 15 is 0 Å². The maximum absolute atomic E-state index is 12.3. The van der Waals surface area contributed by atoms with Crippen molar-refractivity contribution in [3.05, 3.63) is 0 Å². The molecule has 0 aliphatic heterocycles. The molecule has 0 unspecified atom stereocenters. The summed E-state index contributed by atoms with van der Waals surface area (Å²) < 4.78 is 0.